The SMILES string of the molecule is CC(=O)C1CC(Cl)C1. The number of hydrogen-bond acceptors (Lipinski definition) is 1. The molecule has 0 amide bonds. The van der Waals surface area contributed by atoms with Gasteiger partial charge < -0.3 is 0 Å². The summed E-state index contributed by atoms with van der Waals surface area (Å²) in [5, 5.41) is 0.281. The molecule has 1 nitrogen and oxygen atoms in total. The molecule has 0 bridgehead atoms. The molecule has 0 radical (unpaired) electrons. The zero-order valence-electron chi connectivity index (χ0n) is 4.86. The van der Waals surface area contributed by atoms with Gasteiger partial charge in [-0.15, -0.1) is 11.6 Å². The van der Waals surface area contributed by atoms with Gasteiger partial charge in [0.15, 0.2) is 0 Å². The number of ketones is 1. The number of carbonyl (C=O) groups is 1. The van der Waals surface area contributed by atoms with Gasteiger partial charge in [0.1, 0.15) is 5.78 Å². The normalized spacial score (nSPS) is 36.2. The van der Waals surface area contributed by atoms with Crippen LogP contribution in [0, 0.1) is 5.92 Å². The average molecular weight is 133 g/mol. The Bertz CT molecular complexity index is 105. The van der Waals surface area contributed by atoms with Crippen LogP contribution in [0.1, 0.15) is 19.8 Å². The summed E-state index contributed by atoms with van der Waals surface area (Å²) in [7, 11) is 0. The highest BCUT2D eigenvalue weighted by molar-refractivity contribution is 6.21. The molecule has 1 aliphatic carbocycles. The van der Waals surface area contributed by atoms with E-state index in [9.17, 15) is 4.79 Å². The van der Waals surface area contributed by atoms with E-state index >= 15 is 0 Å². The lowest BCUT2D eigenvalue weighted by Gasteiger charge is -2.28. The molecule has 1 aliphatic rings. The predicted octanol–water partition coefficient (Wildman–Crippen LogP) is 1.59. The standard InChI is InChI=1S/C6H9ClO/c1-4(8)5-2-6(7)3-5/h5-6H,2-3H2,1H3. The Hall–Kier alpha value is -0.0400. The van der Waals surface area contributed by atoms with Crippen molar-refractivity contribution < 1.29 is 4.79 Å². The van der Waals surface area contributed by atoms with Crippen LogP contribution in [0.5, 0.6) is 0 Å². The van der Waals surface area contributed by atoms with Gasteiger partial charge >= 0.3 is 0 Å². The Morgan fingerprint density at radius 1 is 1.62 bits per heavy atom. The molecule has 46 valence electrons. The van der Waals surface area contributed by atoms with E-state index in [2.05, 4.69) is 0 Å². The fourth-order valence-corrected chi connectivity index (χ4v) is 1.31. The third-order valence-corrected chi connectivity index (χ3v) is 2.01. The molecule has 0 spiro atoms. The van der Waals surface area contributed by atoms with Crippen LogP contribution in [0.2, 0.25) is 0 Å². The van der Waals surface area contributed by atoms with Crippen molar-refractivity contribution in [3.8, 4) is 0 Å². The summed E-state index contributed by atoms with van der Waals surface area (Å²) in [5.41, 5.74) is 0. The van der Waals surface area contributed by atoms with E-state index in [4.69, 9.17) is 11.6 Å². The Kier molecular flexibility index (Phi) is 1.57. The summed E-state index contributed by atoms with van der Waals surface area (Å²) in [6.45, 7) is 1.63. The zero-order valence-corrected chi connectivity index (χ0v) is 5.61. The Balaban J connectivity index is 2.25. The number of halogens is 1. The van der Waals surface area contributed by atoms with Crippen molar-refractivity contribution >= 4 is 17.4 Å². The van der Waals surface area contributed by atoms with Crippen LogP contribution in [0.3, 0.4) is 0 Å². The lowest BCUT2D eigenvalue weighted by molar-refractivity contribution is -0.122. The van der Waals surface area contributed by atoms with Crippen LogP contribution in [0.15, 0.2) is 0 Å². The van der Waals surface area contributed by atoms with Gasteiger partial charge in [-0.25, -0.2) is 0 Å². The van der Waals surface area contributed by atoms with E-state index in [0.717, 1.165) is 12.8 Å². The van der Waals surface area contributed by atoms with Crippen LogP contribution < -0.4 is 0 Å². The van der Waals surface area contributed by atoms with Gasteiger partial charge in [-0.2, -0.15) is 0 Å². The molecule has 0 saturated heterocycles. The van der Waals surface area contributed by atoms with Crippen molar-refractivity contribution in [1.29, 1.82) is 0 Å². The van der Waals surface area contributed by atoms with Gasteiger partial charge in [0.2, 0.25) is 0 Å². The van der Waals surface area contributed by atoms with Crippen molar-refractivity contribution in [3.05, 3.63) is 0 Å². The second-order valence-electron chi connectivity index (χ2n) is 2.38. The minimum absolute atomic E-state index is 0.281. The smallest absolute Gasteiger partial charge is 0.133 e. The molecule has 0 aliphatic heterocycles. The molecule has 8 heavy (non-hydrogen) atoms. The minimum Gasteiger partial charge on any atom is -0.300 e. The molecule has 0 aromatic carbocycles. The molecular formula is C6H9ClO. The van der Waals surface area contributed by atoms with Gasteiger partial charge in [0.25, 0.3) is 0 Å². The molecule has 1 saturated carbocycles. The monoisotopic (exact) mass is 132 g/mol. The maximum atomic E-state index is 10.5. The lowest BCUT2D eigenvalue weighted by atomic mass is 9.82. The molecule has 0 atom stereocenters. The summed E-state index contributed by atoms with van der Waals surface area (Å²) >= 11 is 5.64. The third kappa shape index (κ3) is 1.03. The Morgan fingerprint density at radius 2 is 2.12 bits per heavy atom. The zero-order chi connectivity index (χ0) is 6.15. The molecule has 2 heteroatoms. The molecule has 1 rings (SSSR count). The quantitative estimate of drug-likeness (QED) is 0.496. The molecule has 0 unspecified atom stereocenters. The van der Waals surface area contributed by atoms with E-state index in [1.165, 1.54) is 0 Å². The highest BCUT2D eigenvalue weighted by atomic mass is 35.5. The summed E-state index contributed by atoms with van der Waals surface area (Å²) in [6, 6.07) is 0. The van der Waals surface area contributed by atoms with Crippen molar-refractivity contribution in [2.75, 3.05) is 0 Å². The van der Waals surface area contributed by atoms with E-state index in [-0.39, 0.29) is 11.3 Å². The summed E-state index contributed by atoms with van der Waals surface area (Å²) in [4.78, 5) is 10.5. The second kappa shape index (κ2) is 2.06. The largest absolute Gasteiger partial charge is 0.300 e. The van der Waals surface area contributed by atoms with Crippen LogP contribution in [0.25, 0.3) is 0 Å². The molecule has 0 aromatic heterocycles. The molecule has 0 N–H and O–H groups in total. The Labute approximate surface area is 54.0 Å². The van der Waals surface area contributed by atoms with Gasteiger partial charge in [-0.1, -0.05) is 0 Å². The number of rotatable bonds is 1. The first-order chi connectivity index (χ1) is 3.70. The minimum atomic E-state index is 0.281. The average Bonchev–Trinajstić information content (AvgIpc) is 1.57. The first-order valence-corrected chi connectivity index (χ1v) is 3.28. The third-order valence-electron chi connectivity index (χ3n) is 1.66. The fourth-order valence-electron chi connectivity index (χ4n) is 0.880. The highest BCUT2D eigenvalue weighted by Gasteiger charge is 2.30. The maximum absolute atomic E-state index is 10.5. The van der Waals surface area contributed by atoms with Gasteiger partial charge in [0.05, 0.1) is 0 Å². The molecule has 0 heterocycles. The Morgan fingerprint density at radius 3 is 2.25 bits per heavy atom. The number of alkyl halides is 1. The second-order valence-corrected chi connectivity index (χ2v) is 2.99. The van der Waals surface area contributed by atoms with E-state index in [0.29, 0.717) is 5.78 Å². The van der Waals surface area contributed by atoms with Crippen LogP contribution in [-0.2, 0) is 4.79 Å². The number of Topliss-reactive ketones (excluding diaryl/α,β-unsaturated/α-hetero) is 1. The summed E-state index contributed by atoms with van der Waals surface area (Å²) < 4.78 is 0. The maximum Gasteiger partial charge on any atom is 0.133 e. The van der Waals surface area contributed by atoms with Gasteiger partial charge in [0, 0.05) is 11.3 Å². The summed E-state index contributed by atoms with van der Waals surface area (Å²) in [5.74, 6) is 0.583. The van der Waals surface area contributed by atoms with Crippen molar-refractivity contribution in [2.24, 2.45) is 5.92 Å². The first-order valence-electron chi connectivity index (χ1n) is 2.84. The molecule has 1 fully saturated rings. The number of carbonyl (C=O) groups excluding carboxylic acids is 1. The van der Waals surface area contributed by atoms with Gasteiger partial charge in [-0.3, -0.25) is 4.79 Å². The van der Waals surface area contributed by atoms with E-state index < -0.39 is 0 Å². The predicted molar refractivity (Wildman–Crippen MR) is 33.0 cm³/mol. The topological polar surface area (TPSA) is 17.1 Å². The van der Waals surface area contributed by atoms with Crippen LogP contribution >= 0.6 is 11.6 Å². The van der Waals surface area contributed by atoms with Crippen LogP contribution in [0.4, 0.5) is 0 Å². The first kappa shape index (κ1) is 6.09. The fraction of sp³-hybridized carbons (Fsp3) is 0.833. The van der Waals surface area contributed by atoms with Crippen molar-refractivity contribution in [1.82, 2.24) is 0 Å². The summed E-state index contributed by atoms with van der Waals surface area (Å²) in [6.07, 6.45) is 1.80. The molecule has 0 aromatic rings. The van der Waals surface area contributed by atoms with E-state index in [1.807, 2.05) is 0 Å². The van der Waals surface area contributed by atoms with Crippen molar-refractivity contribution in [3.63, 3.8) is 0 Å². The van der Waals surface area contributed by atoms with Crippen molar-refractivity contribution in [2.45, 2.75) is 25.1 Å². The molecular weight excluding hydrogens is 124 g/mol. The van der Waals surface area contributed by atoms with Crippen LogP contribution in [-0.4, -0.2) is 11.2 Å². The highest BCUT2D eigenvalue weighted by Crippen LogP contribution is 2.32. The number of hydrogen-bond donors (Lipinski definition) is 0. The van der Waals surface area contributed by atoms with Gasteiger partial charge in [-0.05, 0) is 19.8 Å². The lowest BCUT2D eigenvalue weighted by Crippen LogP contribution is -2.29. The van der Waals surface area contributed by atoms with E-state index in [1.54, 1.807) is 6.92 Å².